The van der Waals surface area contributed by atoms with Crippen molar-refractivity contribution in [2.45, 2.75) is 39.8 Å². The lowest BCUT2D eigenvalue weighted by atomic mass is 10.1. The third-order valence-electron chi connectivity index (χ3n) is 3.20. The van der Waals surface area contributed by atoms with Gasteiger partial charge in [-0.2, -0.15) is 0 Å². The van der Waals surface area contributed by atoms with Gasteiger partial charge >= 0.3 is 0 Å². The summed E-state index contributed by atoms with van der Waals surface area (Å²) < 4.78 is 5.64. The van der Waals surface area contributed by atoms with Gasteiger partial charge in [-0.05, 0) is 26.8 Å². The van der Waals surface area contributed by atoms with Crippen LogP contribution in [-0.2, 0) is 6.54 Å². The molecule has 0 saturated carbocycles. The fourth-order valence-electron chi connectivity index (χ4n) is 1.99. The topological polar surface area (TPSA) is 41.3 Å². The molecule has 1 saturated heterocycles. The molecular formula is C12H21N3O. The maximum atomic E-state index is 5.64. The minimum Gasteiger partial charge on any atom is -0.444 e. The molecule has 16 heavy (non-hydrogen) atoms. The molecule has 1 aliphatic heterocycles. The minimum absolute atomic E-state index is 0.660. The average molecular weight is 223 g/mol. The molecule has 0 spiro atoms. The summed E-state index contributed by atoms with van der Waals surface area (Å²) in [5.41, 5.74) is 1.01. The van der Waals surface area contributed by atoms with Crippen molar-refractivity contribution in [1.82, 2.24) is 15.2 Å². The Bertz CT molecular complexity index is 325. The van der Waals surface area contributed by atoms with Gasteiger partial charge in [-0.15, -0.1) is 0 Å². The van der Waals surface area contributed by atoms with Crippen LogP contribution >= 0.6 is 0 Å². The number of nitrogens with one attached hydrogen (secondary N) is 1. The van der Waals surface area contributed by atoms with Gasteiger partial charge in [0.15, 0.2) is 0 Å². The van der Waals surface area contributed by atoms with Crippen LogP contribution < -0.4 is 5.32 Å². The van der Waals surface area contributed by atoms with Crippen molar-refractivity contribution in [3.63, 3.8) is 0 Å². The normalized spacial score (nSPS) is 16.8. The predicted molar refractivity (Wildman–Crippen MR) is 63.3 cm³/mol. The molecule has 0 bridgehead atoms. The van der Waals surface area contributed by atoms with E-state index in [0.717, 1.165) is 43.5 Å². The molecule has 2 heterocycles. The van der Waals surface area contributed by atoms with Crippen molar-refractivity contribution in [2.24, 2.45) is 0 Å². The Hall–Kier alpha value is -0.870. The van der Waals surface area contributed by atoms with E-state index in [1.54, 1.807) is 0 Å². The van der Waals surface area contributed by atoms with Gasteiger partial charge in [-0.25, -0.2) is 4.98 Å². The van der Waals surface area contributed by atoms with Crippen LogP contribution in [0.15, 0.2) is 4.42 Å². The van der Waals surface area contributed by atoms with Gasteiger partial charge in [0.1, 0.15) is 5.76 Å². The van der Waals surface area contributed by atoms with E-state index in [1.807, 2.05) is 13.8 Å². The molecule has 1 aromatic rings. The SMILES string of the molecule is CCCN(Cc1nc(C)c(C)o1)C1CNC1. The summed E-state index contributed by atoms with van der Waals surface area (Å²) in [6, 6.07) is 0.660. The standard InChI is InChI=1S/C12H21N3O/c1-4-5-15(11-6-13-7-11)8-12-14-9(2)10(3)16-12/h11,13H,4-8H2,1-3H3. The van der Waals surface area contributed by atoms with Crippen LogP contribution in [0.1, 0.15) is 30.7 Å². The van der Waals surface area contributed by atoms with E-state index in [-0.39, 0.29) is 0 Å². The van der Waals surface area contributed by atoms with E-state index < -0.39 is 0 Å². The van der Waals surface area contributed by atoms with Gasteiger partial charge in [0, 0.05) is 19.1 Å². The molecule has 4 heteroatoms. The summed E-state index contributed by atoms with van der Waals surface area (Å²) in [6.45, 7) is 10.3. The number of hydrogen-bond acceptors (Lipinski definition) is 4. The summed E-state index contributed by atoms with van der Waals surface area (Å²) in [4.78, 5) is 6.90. The molecule has 0 aromatic carbocycles. The third kappa shape index (κ3) is 2.44. The molecule has 0 atom stereocenters. The zero-order valence-corrected chi connectivity index (χ0v) is 10.4. The maximum absolute atomic E-state index is 5.64. The number of aryl methyl sites for hydroxylation is 2. The fraction of sp³-hybridized carbons (Fsp3) is 0.750. The first-order valence-corrected chi connectivity index (χ1v) is 6.08. The van der Waals surface area contributed by atoms with E-state index in [4.69, 9.17) is 4.42 Å². The zero-order valence-electron chi connectivity index (χ0n) is 10.4. The highest BCUT2D eigenvalue weighted by atomic mass is 16.4. The second-order valence-corrected chi connectivity index (χ2v) is 4.53. The van der Waals surface area contributed by atoms with Crippen molar-refractivity contribution in [1.29, 1.82) is 0 Å². The van der Waals surface area contributed by atoms with Crippen LogP contribution in [0.5, 0.6) is 0 Å². The van der Waals surface area contributed by atoms with Gasteiger partial charge < -0.3 is 9.73 Å². The van der Waals surface area contributed by atoms with E-state index in [2.05, 4.69) is 22.1 Å². The Morgan fingerprint density at radius 3 is 2.62 bits per heavy atom. The van der Waals surface area contributed by atoms with Crippen molar-refractivity contribution >= 4 is 0 Å². The number of hydrogen-bond donors (Lipinski definition) is 1. The van der Waals surface area contributed by atoms with Crippen molar-refractivity contribution < 1.29 is 4.42 Å². The van der Waals surface area contributed by atoms with Gasteiger partial charge in [-0.3, -0.25) is 4.90 Å². The zero-order chi connectivity index (χ0) is 11.5. The number of aromatic nitrogens is 1. The van der Waals surface area contributed by atoms with Crippen LogP contribution in [0.4, 0.5) is 0 Å². The molecule has 0 amide bonds. The lowest BCUT2D eigenvalue weighted by Crippen LogP contribution is -2.57. The van der Waals surface area contributed by atoms with Crippen LogP contribution in [0.25, 0.3) is 0 Å². The van der Waals surface area contributed by atoms with Gasteiger partial charge in [-0.1, -0.05) is 6.92 Å². The number of nitrogens with zero attached hydrogens (tertiary/aromatic N) is 2. The van der Waals surface area contributed by atoms with E-state index in [1.165, 1.54) is 6.42 Å². The van der Waals surface area contributed by atoms with Crippen molar-refractivity contribution in [3.8, 4) is 0 Å². The lowest BCUT2D eigenvalue weighted by Gasteiger charge is -2.37. The maximum Gasteiger partial charge on any atom is 0.208 e. The van der Waals surface area contributed by atoms with Gasteiger partial charge in [0.2, 0.25) is 5.89 Å². The quantitative estimate of drug-likeness (QED) is 0.821. The number of oxazole rings is 1. The predicted octanol–water partition coefficient (Wildman–Crippen LogP) is 1.48. The lowest BCUT2D eigenvalue weighted by molar-refractivity contribution is 0.125. The molecule has 0 unspecified atom stereocenters. The Balaban J connectivity index is 1.98. The Morgan fingerprint density at radius 2 is 2.19 bits per heavy atom. The molecule has 1 fully saturated rings. The Morgan fingerprint density at radius 1 is 1.44 bits per heavy atom. The van der Waals surface area contributed by atoms with Crippen LogP contribution in [0.3, 0.4) is 0 Å². The summed E-state index contributed by atoms with van der Waals surface area (Å²) in [7, 11) is 0. The fourth-order valence-corrected chi connectivity index (χ4v) is 1.99. The largest absolute Gasteiger partial charge is 0.444 e. The van der Waals surface area contributed by atoms with Gasteiger partial charge in [0.25, 0.3) is 0 Å². The summed E-state index contributed by atoms with van der Waals surface area (Å²) in [5, 5.41) is 3.31. The Kier molecular flexibility index (Phi) is 3.61. The highest BCUT2D eigenvalue weighted by Gasteiger charge is 2.25. The molecule has 0 aliphatic carbocycles. The van der Waals surface area contributed by atoms with E-state index >= 15 is 0 Å². The van der Waals surface area contributed by atoms with Crippen LogP contribution in [-0.4, -0.2) is 35.6 Å². The molecule has 1 N–H and O–H groups in total. The molecule has 1 aliphatic rings. The average Bonchev–Trinajstić information content (AvgIpc) is 2.43. The first-order valence-electron chi connectivity index (χ1n) is 6.08. The molecule has 2 rings (SSSR count). The molecule has 90 valence electrons. The second kappa shape index (κ2) is 4.97. The van der Waals surface area contributed by atoms with Crippen LogP contribution in [0, 0.1) is 13.8 Å². The minimum atomic E-state index is 0.660. The molecule has 0 radical (unpaired) electrons. The Labute approximate surface area is 97.0 Å². The van der Waals surface area contributed by atoms with E-state index in [9.17, 15) is 0 Å². The highest BCUT2D eigenvalue weighted by Crippen LogP contribution is 2.14. The second-order valence-electron chi connectivity index (χ2n) is 4.53. The summed E-state index contributed by atoms with van der Waals surface area (Å²) >= 11 is 0. The molecule has 1 aromatic heterocycles. The monoisotopic (exact) mass is 223 g/mol. The van der Waals surface area contributed by atoms with Crippen molar-refractivity contribution in [3.05, 3.63) is 17.3 Å². The smallest absolute Gasteiger partial charge is 0.208 e. The van der Waals surface area contributed by atoms with Crippen LogP contribution in [0.2, 0.25) is 0 Å². The third-order valence-corrected chi connectivity index (χ3v) is 3.20. The first kappa shape index (κ1) is 11.6. The molecular weight excluding hydrogens is 202 g/mol. The van der Waals surface area contributed by atoms with Gasteiger partial charge in [0.05, 0.1) is 12.2 Å². The first-order chi connectivity index (χ1) is 7.70. The highest BCUT2D eigenvalue weighted by molar-refractivity contribution is 5.05. The van der Waals surface area contributed by atoms with E-state index in [0.29, 0.717) is 6.04 Å². The van der Waals surface area contributed by atoms with Crippen molar-refractivity contribution in [2.75, 3.05) is 19.6 Å². The molecule has 4 nitrogen and oxygen atoms in total. The number of rotatable bonds is 5. The summed E-state index contributed by atoms with van der Waals surface area (Å²) in [6.07, 6.45) is 1.18. The summed E-state index contributed by atoms with van der Waals surface area (Å²) in [5.74, 6) is 1.80.